The van der Waals surface area contributed by atoms with Gasteiger partial charge in [-0.25, -0.2) is 18.7 Å². The Labute approximate surface area is 186 Å². The van der Waals surface area contributed by atoms with E-state index in [1.165, 1.54) is 29.6 Å². The molecule has 0 radical (unpaired) electrons. The highest BCUT2D eigenvalue weighted by molar-refractivity contribution is 6.41. The number of carbonyl (C=O) groups excluding carboxylic acids is 2. The number of benzene rings is 1. The van der Waals surface area contributed by atoms with E-state index < -0.39 is 29.5 Å². The highest BCUT2D eigenvalue weighted by Gasteiger charge is 2.31. The summed E-state index contributed by atoms with van der Waals surface area (Å²) in [5.74, 6) is -2.04. The van der Waals surface area contributed by atoms with E-state index in [2.05, 4.69) is 25.7 Å². The van der Waals surface area contributed by atoms with Gasteiger partial charge in [0.05, 0.1) is 12.6 Å². The van der Waals surface area contributed by atoms with Crippen molar-refractivity contribution in [2.75, 3.05) is 18.9 Å². The van der Waals surface area contributed by atoms with Crippen LogP contribution in [0.15, 0.2) is 52.3 Å². The number of pyridine rings is 1. The number of primary amides is 1. The monoisotopic (exact) mass is 455 g/mol. The molecule has 10 nitrogen and oxygen atoms in total. The van der Waals surface area contributed by atoms with Crippen LogP contribution in [0.5, 0.6) is 0 Å². The lowest BCUT2D eigenvalue weighted by Gasteiger charge is -2.12. The van der Waals surface area contributed by atoms with Gasteiger partial charge >= 0.3 is 0 Å². The van der Waals surface area contributed by atoms with Gasteiger partial charge in [0.25, 0.3) is 11.8 Å². The summed E-state index contributed by atoms with van der Waals surface area (Å²) >= 11 is 0. The molecule has 0 aliphatic carbocycles. The van der Waals surface area contributed by atoms with E-state index in [1.807, 2.05) is 0 Å². The fraction of sp³-hybridized carbons (Fsp3) is 0.190. The molecule has 1 aliphatic heterocycles. The van der Waals surface area contributed by atoms with Crippen molar-refractivity contribution < 1.29 is 22.8 Å². The number of hydrogen-bond donors (Lipinski definition) is 3. The zero-order valence-corrected chi connectivity index (χ0v) is 17.4. The fourth-order valence-electron chi connectivity index (χ4n) is 3.29. The summed E-state index contributed by atoms with van der Waals surface area (Å²) in [6.07, 6.45) is 2.69. The fourth-order valence-corrected chi connectivity index (χ4v) is 3.29. The van der Waals surface area contributed by atoms with Crippen LogP contribution < -0.4 is 16.4 Å². The predicted octanol–water partition coefficient (Wildman–Crippen LogP) is 1.51. The molecule has 4 N–H and O–H groups in total. The maximum Gasteiger partial charge on any atom is 0.273 e. The maximum absolute atomic E-state index is 13.3. The van der Waals surface area contributed by atoms with Crippen LogP contribution >= 0.6 is 0 Å². The van der Waals surface area contributed by atoms with Crippen molar-refractivity contribution in [3.8, 4) is 11.5 Å². The molecule has 2 aromatic heterocycles. The van der Waals surface area contributed by atoms with Gasteiger partial charge in [-0.15, -0.1) is 0 Å². The van der Waals surface area contributed by atoms with Gasteiger partial charge in [-0.1, -0.05) is 0 Å². The van der Waals surface area contributed by atoms with Crippen LogP contribution in [-0.2, 0) is 11.3 Å². The number of carbonyl (C=O) groups is 2. The minimum absolute atomic E-state index is 0.00457. The minimum atomic E-state index is -0.719. The lowest BCUT2D eigenvalue weighted by molar-refractivity contribution is -0.112. The Morgan fingerprint density at radius 2 is 2.00 bits per heavy atom. The van der Waals surface area contributed by atoms with E-state index in [1.54, 1.807) is 19.2 Å². The van der Waals surface area contributed by atoms with Crippen LogP contribution in [0.4, 0.5) is 14.6 Å². The molecule has 3 heterocycles. The van der Waals surface area contributed by atoms with Crippen LogP contribution in [0.25, 0.3) is 11.5 Å². The Morgan fingerprint density at radius 1 is 1.24 bits per heavy atom. The van der Waals surface area contributed by atoms with Gasteiger partial charge in [0, 0.05) is 31.4 Å². The quantitative estimate of drug-likeness (QED) is 0.491. The molecule has 1 aliphatic rings. The van der Waals surface area contributed by atoms with Crippen molar-refractivity contribution >= 4 is 23.3 Å². The number of likely N-dealkylation sites (N-methyl/N-ethyl adjacent to an activating group) is 1. The molecule has 1 atom stereocenters. The summed E-state index contributed by atoms with van der Waals surface area (Å²) in [5, 5.41) is 11.1. The largest absolute Gasteiger partial charge is 0.444 e. The first kappa shape index (κ1) is 21.9. The van der Waals surface area contributed by atoms with Crippen molar-refractivity contribution in [2.45, 2.75) is 12.6 Å². The van der Waals surface area contributed by atoms with Gasteiger partial charge in [0.2, 0.25) is 5.89 Å². The summed E-state index contributed by atoms with van der Waals surface area (Å²) in [7, 11) is 1.66. The number of nitrogens with two attached hydrogens (primary N) is 1. The molecule has 0 saturated carbocycles. The molecule has 33 heavy (non-hydrogen) atoms. The van der Waals surface area contributed by atoms with Gasteiger partial charge in [-0.05, 0) is 29.8 Å². The Balaban J connectivity index is 1.43. The van der Waals surface area contributed by atoms with Gasteiger partial charge in [0.15, 0.2) is 5.69 Å². The highest BCUT2D eigenvalue weighted by atomic mass is 19.1. The normalized spacial score (nSPS) is 15.3. The van der Waals surface area contributed by atoms with Gasteiger partial charge < -0.3 is 20.8 Å². The average Bonchev–Trinajstić information content (AvgIpc) is 3.39. The minimum Gasteiger partial charge on any atom is -0.444 e. The van der Waals surface area contributed by atoms with Crippen LogP contribution in [0.1, 0.15) is 16.1 Å². The first-order valence-corrected chi connectivity index (χ1v) is 9.79. The van der Waals surface area contributed by atoms with Crippen molar-refractivity contribution in [3.63, 3.8) is 0 Å². The van der Waals surface area contributed by atoms with Crippen molar-refractivity contribution in [1.82, 2.24) is 20.3 Å². The lowest BCUT2D eigenvalue weighted by Crippen LogP contribution is -2.46. The molecule has 0 saturated heterocycles. The van der Waals surface area contributed by atoms with Gasteiger partial charge in [-0.3, -0.25) is 14.6 Å². The number of nitrogens with zero attached hydrogens (tertiary/aromatic N) is 4. The first-order valence-electron chi connectivity index (χ1n) is 9.79. The molecule has 4 rings (SSSR count). The number of aromatic nitrogens is 2. The van der Waals surface area contributed by atoms with E-state index in [-0.39, 0.29) is 23.8 Å². The second-order valence-corrected chi connectivity index (χ2v) is 7.31. The number of amides is 2. The summed E-state index contributed by atoms with van der Waals surface area (Å²) in [6.45, 7) is 0.438. The average molecular weight is 455 g/mol. The third-order valence-electron chi connectivity index (χ3n) is 4.75. The first-order chi connectivity index (χ1) is 15.8. The molecule has 1 aromatic carbocycles. The van der Waals surface area contributed by atoms with E-state index >= 15 is 0 Å². The molecule has 1 unspecified atom stereocenters. The molecule has 3 aromatic rings. The number of rotatable bonds is 7. The number of hydrazone groups is 1. The summed E-state index contributed by atoms with van der Waals surface area (Å²) in [4.78, 5) is 32.4. The summed E-state index contributed by atoms with van der Waals surface area (Å²) < 4.78 is 32.1. The standard InChI is InChI=1S/C21H19F2N7O3/c1-30-9-15(18(29-30)19(24)31)27-20(32)16-10-33-21(28-16)12-2-3-25-17(6-12)26-8-11-4-13(22)7-14(23)5-11/h2-7,10,15H,8-9H2,1H3,(H2,24,31)(H,25,26)(H,27,32). The zero-order chi connectivity index (χ0) is 23.5. The third kappa shape index (κ3) is 5.11. The van der Waals surface area contributed by atoms with E-state index in [9.17, 15) is 18.4 Å². The lowest BCUT2D eigenvalue weighted by atomic mass is 10.1. The number of halogens is 2. The van der Waals surface area contributed by atoms with Gasteiger partial charge in [0.1, 0.15) is 29.4 Å². The Morgan fingerprint density at radius 3 is 2.73 bits per heavy atom. The van der Waals surface area contributed by atoms with E-state index in [0.717, 1.165) is 6.07 Å². The third-order valence-corrected chi connectivity index (χ3v) is 4.75. The summed E-state index contributed by atoms with van der Waals surface area (Å²) in [6, 6.07) is 5.82. The smallest absolute Gasteiger partial charge is 0.273 e. The number of nitrogens with one attached hydrogen (secondary N) is 2. The van der Waals surface area contributed by atoms with Crippen LogP contribution in [-0.4, -0.2) is 52.1 Å². The molecule has 0 bridgehead atoms. The maximum atomic E-state index is 13.3. The Hall–Kier alpha value is -4.35. The molecule has 2 amide bonds. The van der Waals surface area contributed by atoms with Crippen molar-refractivity contribution in [1.29, 1.82) is 0 Å². The topological polar surface area (TPSA) is 139 Å². The number of hydrogen-bond acceptors (Lipinski definition) is 8. The SMILES string of the molecule is CN1CC(NC(=O)c2coc(-c3ccnc(NCc4cc(F)cc(F)c4)c3)n2)C(C(N)=O)=N1. The Bertz CT molecular complexity index is 1220. The van der Waals surface area contributed by atoms with Crippen LogP contribution in [0, 0.1) is 11.6 Å². The van der Waals surface area contributed by atoms with Crippen LogP contribution in [0.3, 0.4) is 0 Å². The number of anilines is 1. The Kier molecular flexibility index (Phi) is 5.98. The number of oxazole rings is 1. The molecule has 12 heteroatoms. The van der Waals surface area contributed by atoms with Crippen molar-refractivity contribution in [3.05, 3.63) is 65.7 Å². The highest BCUT2D eigenvalue weighted by Crippen LogP contribution is 2.21. The second kappa shape index (κ2) is 9.02. The van der Waals surface area contributed by atoms with E-state index in [4.69, 9.17) is 10.2 Å². The predicted molar refractivity (Wildman–Crippen MR) is 114 cm³/mol. The molecule has 0 spiro atoms. The van der Waals surface area contributed by atoms with Crippen LogP contribution in [0.2, 0.25) is 0 Å². The van der Waals surface area contributed by atoms with Crippen molar-refractivity contribution in [2.24, 2.45) is 10.8 Å². The molecular formula is C21H19F2N7O3. The molecule has 170 valence electrons. The molecular weight excluding hydrogens is 436 g/mol. The zero-order valence-electron chi connectivity index (χ0n) is 17.4. The summed E-state index contributed by atoms with van der Waals surface area (Å²) in [5.41, 5.74) is 6.30. The second-order valence-electron chi connectivity index (χ2n) is 7.31. The van der Waals surface area contributed by atoms with Gasteiger partial charge in [-0.2, -0.15) is 5.10 Å². The van der Waals surface area contributed by atoms with E-state index in [0.29, 0.717) is 23.5 Å². The molecule has 0 fully saturated rings.